The molecule has 4 unspecified atom stereocenters. The first kappa shape index (κ1) is 17.9. The highest BCUT2D eigenvalue weighted by molar-refractivity contribution is 6.22. The number of anilines is 1. The zero-order valence-corrected chi connectivity index (χ0v) is 16.0. The second-order valence-electron chi connectivity index (χ2n) is 8.01. The van der Waals surface area contributed by atoms with E-state index < -0.39 is 5.97 Å². The Labute approximate surface area is 168 Å². The van der Waals surface area contributed by atoms with Gasteiger partial charge in [-0.15, -0.1) is 0 Å². The van der Waals surface area contributed by atoms with E-state index in [9.17, 15) is 14.4 Å². The predicted molar refractivity (Wildman–Crippen MR) is 105 cm³/mol. The second kappa shape index (κ2) is 6.72. The van der Waals surface area contributed by atoms with Crippen LogP contribution in [-0.4, -0.2) is 24.9 Å². The van der Waals surface area contributed by atoms with Crippen LogP contribution >= 0.6 is 0 Å². The minimum Gasteiger partial charge on any atom is -0.497 e. The van der Waals surface area contributed by atoms with Gasteiger partial charge < -0.3 is 9.47 Å². The van der Waals surface area contributed by atoms with Gasteiger partial charge in [0, 0.05) is 0 Å². The molecule has 1 aliphatic heterocycles. The third-order valence-electron chi connectivity index (χ3n) is 6.54. The maximum absolute atomic E-state index is 12.9. The molecule has 29 heavy (non-hydrogen) atoms. The summed E-state index contributed by atoms with van der Waals surface area (Å²) in [7, 11) is 1.53. The van der Waals surface area contributed by atoms with Crippen LogP contribution in [0.5, 0.6) is 11.5 Å². The Hall–Kier alpha value is -3.15. The number of benzene rings is 2. The van der Waals surface area contributed by atoms with E-state index in [1.54, 1.807) is 48.5 Å². The van der Waals surface area contributed by atoms with Crippen LogP contribution < -0.4 is 14.4 Å². The van der Waals surface area contributed by atoms with Crippen molar-refractivity contribution in [3.8, 4) is 11.5 Å². The Morgan fingerprint density at radius 2 is 1.59 bits per heavy atom. The van der Waals surface area contributed by atoms with Gasteiger partial charge in [0.2, 0.25) is 11.8 Å². The summed E-state index contributed by atoms with van der Waals surface area (Å²) in [4.78, 5) is 39.5. The van der Waals surface area contributed by atoms with Crippen LogP contribution in [0.2, 0.25) is 0 Å². The molecular weight excluding hydrogens is 370 g/mol. The highest BCUT2D eigenvalue weighted by atomic mass is 16.5. The van der Waals surface area contributed by atoms with Crippen LogP contribution in [0.3, 0.4) is 0 Å². The van der Waals surface area contributed by atoms with Gasteiger partial charge in [0.25, 0.3) is 0 Å². The van der Waals surface area contributed by atoms with E-state index >= 15 is 0 Å². The van der Waals surface area contributed by atoms with Crippen molar-refractivity contribution < 1.29 is 23.9 Å². The minimum atomic E-state index is -0.504. The molecular formula is C23H21NO5. The van der Waals surface area contributed by atoms with E-state index in [0.717, 1.165) is 19.3 Å². The molecule has 0 aromatic heterocycles. The fourth-order valence-electron chi connectivity index (χ4n) is 5.24. The second-order valence-corrected chi connectivity index (χ2v) is 8.01. The van der Waals surface area contributed by atoms with E-state index in [4.69, 9.17) is 9.47 Å². The Kier molecular flexibility index (Phi) is 4.15. The summed E-state index contributed by atoms with van der Waals surface area (Å²) in [6.07, 6.45) is 3.12. The molecule has 1 saturated heterocycles. The van der Waals surface area contributed by atoms with Crippen LogP contribution in [0.15, 0.2) is 48.5 Å². The van der Waals surface area contributed by atoms with Crippen LogP contribution in [0.1, 0.15) is 29.6 Å². The summed E-state index contributed by atoms with van der Waals surface area (Å²) < 4.78 is 10.5. The molecule has 4 atom stereocenters. The molecule has 5 rings (SSSR count). The van der Waals surface area contributed by atoms with Crippen LogP contribution in [0.4, 0.5) is 5.69 Å². The number of hydrogen-bond donors (Lipinski definition) is 0. The standard InChI is InChI=1S/C23H21NO5/c1-28-18-4-2-3-15(12-18)23(27)29-17-9-7-16(8-10-17)24-21(25)19-13-5-6-14(11-13)20(19)22(24)26/h2-4,7-10,12-14,19-20H,5-6,11H2,1H3. The van der Waals surface area contributed by atoms with Crippen LogP contribution in [-0.2, 0) is 9.59 Å². The van der Waals surface area contributed by atoms with Gasteiger partial charge >= 0.3 is 5.97 Å². The number of nitrogens with zero attached hydrogens (tertiary/aromatic N) is 1. The molecule has 2 saturated carbocycles. The van der Waals surface area contributed by atoms with Gasteiger partial charge in [0.15, 0.2) is 0 Å². The molecule has 2 bridgehead atoms. The van der Waals surface area contributed by atoms with Crippen molar-refractivity contribution in [2.24, 2.45) is 23.7 Å². The van der Waals surface area contributed by atoms with Crippen molar-refractivity contribution in [1.29, 1.82) is 0 Å². The lowest BCUT2D eigenvalue weighted by molar-refractivity contribution is -0.123. The molecule has 3 fully saturated rings. The van der Waals surface area contributed by atoms with Crippen LogP contribution in [0.25, 0.3) is 0 Å². The van der Waals surface area contributed by atoms with Gasteiger partial charge in [-0.05, 0) is 73.6 Å². The van der Waals surface area contributed by atoms with E-state index in [2.05, 4.69) is 0 Å². The SMILES string of the molecule is COc1cccc(C(=O)Oc2ccc(N3C(=O)C4C5CCC(C5)C4C3=O)cc2)c1. The number of carbonyl (C=O) groups is 3. The quantitative estimate of drug-likeness (QED) is 0.453. The first-order valence-corrected chi connectivity index (χ1v) is 9.91. The van der Waals surface area contributed by atoms with E-state index in [0.29, 0.717) is 34.6 Å². The molecule has 6 nitrogen and oxygen atoms in total. The lowest BCUT2D eigenvalue weighted by Gasteiger charge is -2.19. The fraction of sp³-hybridized carbons (Fsp3) is 0.348. The molecule has 6 heteroatoms. The summed E-state index contributed by atoms with van der Waals surface area (Å²) >= 11 is 0. The lowest BCUT2D eigenvalue weighted by atomic mass is 9.81. The number of esters is 1. The summed E-state index contributed by atoms with van der Waals surface area (Å²) in [5.74, 6) is 0.682. The Morgan fingerprint density at radius 3 is 2.21 bits per heavy atom. The van der Waals surface area contributed by atoms with Gasteiger partial charge in [-0.1, -0.05) is 6.07 Å². The summed E-state index contributed by atoms with van der Waals surface area (Å²) in [5.41, 5.74) is 0.914. The van der Waals surface area contributed by atoms with Crippen molar-refractivity contribution in [3.05, 3.63) is 54.1 Å². The monoisotopic (exact) mass is 391 g/mol. The zero-order chi connectivity index (χ0) is 20.1. The Bertz CT molecular complexity index is 971. The average molecular weight is 391 g/mol. The zero-order valence-electron chi connectivity index (χ0n) is 16.0. The number of imide groups is 1. The van der Waals surface area contributed by atoms with Gasteiger partial charge in [-0.3, -0.25) is 14.5 Å². The molecule has 0 spiro atoms. The smallest absolute Gasteiger partial charge is 0.343 e. The maximum Gasteiger partial charge on any atom is 0.343 e. The number of methoxy groups -OCH3 is 1. The van der Waals surface area contributed by atoms with E-state index in [1.165, 1.54) is 12.0 Å². The number of hydrogen-bond acceptors (Lipinski definition) is 5. The van der Waals surface area contributed by atoms with Crippen molar-refractivity contribution in [3.63, 3.8) is 0 Å². The topological polar surface area (TPSA) is 72.9 Å². The largest absolute Gasteiger partial charge is 0.497 e. The lowest BCUT2D eigenvalue weighted by Crippen LogP contribution is -2.32. The van der Waals surface area contributed by atoms with Gasteiger partial charge in [-0.25, -0.2) is 4.79 Å². The van der Waals surface area contributed by atoms with Gasteiger partial charge in [0.05, 0.1) is 30.2 Å². The first-order valence-electron chi connectivity index (χ1n) is 9.91. The summed E-state index contributed by atoms with van der Waals surface area (Å²) in [6.45, 7) is 0. The molecule has 3 aliphatic rings. The fourth-order valence-corrected chi connectivity index (χ4v) is 5.24. The van der Waals surface area contributed by atoms with Crippen molar-refractivity contribution in [2.45, 2.75) is 19.3 Å². The Balaban J connectivity index is 1.32. The number of ether oxygens (including phenoxy) is 2. The molecule has 148 valence electrons. The minimum absolute atomic E-state index is 0.0756. The van der Waals surface area contributed by atoms with Crippen LogP contribution in [0, 0.1) is 23.7 Å². The summed E-state index contributed by atoms with van der Waals surface area (Å²) in [5, 5.41) is 0. The number of fused-ring (bicyclic) bond motifs is 5. The molecule has 1 heterocycles. The molecule has 2 aromatic carbocycles. The summed E-state index contributed by atoms with van der Waals surface area (Å²) in [6, 6.07) is 13.2. The number of amides is 2. The van der Waals surface area contributed by atoms with Crippen molar-refractivity contribution in [2.75, 3.05) is 12.0 Å². The number of rotatable bonds is 4. The first-order chi connectivity index (χ1) is 14.1. The molecule has 2 aliphatic carbocycles. The van der Waals surface area contributed by atoms with Gasteiger partial charge in [0.1, 0.15) is 11.5 Å². The number of carbonyl (C=O) groups excluding carboxylic acids is 3. The molecule has 2 amide bonds. The molecule has 2 aromatic rings. The molecule has 0 N–H and O–H groups in total. The Morgan fingerprint density at radius 1 is 0.931 bits per heavy atom. The third kappa shape index (κ3) is 2.82. The average Bonchev–Trinajstić information content (AvgIpc) is 3.43. The van der Waals surface area contributed by atoms with E-state index in [-0.39, 0.29) is 23.7 Å². The normalized spacial score (nSPS) is 27.3. The van der Waals surface area contributed by atoms with E-state index in [1.807, 2.05) is 0 Å². The maximum atomic E-state index is 12.9. The highest BCUT2D eigenvalue weighted by Crippen LogP contribution is 2.56. The highest BCUT2D eigenvalue weighted by Gasteiger charge is 2.61. The predicted octanol–water partition coefficient (Wildman–Crippen LogP) is 3.45. The van der Waals surface area contributed by atoms with Crippen molar-refractivity contribution in [1.82, 2.24) is 0 Å². The van der Waals surface area contributed by atoms with Crippen molar-refractivity contribution >= 4 is 23.5 Å². The van der Waals surface area contributed by atoms with Gasteiger partial charge in [-0.2, -0.15) is 0 Å². The molecule has 0 radical (unpaired) electrons. The third-order valence-corrected chi connectivity index (χ3v) is 6.54.